The molecular formula is C16H23N3O3. The van der Waals surface area contributed by atoms with Crippen molar-refractivity contribution in [3.8, 4) is 11.5 Å². The molecule has 2 aliphatic rings. The predicted octanol–water partition coefficient (Wildman–Crippen LogP) is 0.669. The van der Waals surface area contributed by atoms with Gasteiger partial charge in [-0.2, -0.15) is 0 Å². The van der Waals surface area contributed by atoms with E-state index in [1.807, 2.05) is 30.1 Å². The summed E-state index contributed by atoms with van der Waals surface area (Å²) in [6.07, 6.45) is 0.570. The molecule has 3 rings (SSSR count). The lowest BCUT2D eigenvalue weighted by molar-refractivity contribution is -0.132. The van der Waals surface area contributed by atoms with Crippen LogP contribution in [0.15, 0.2) is 18.2 Å². The van der Waals surface area contributed by atoms with E-state index >= 15 is 0 Å². The standard InChI is InChI=1S/C16H23N3O3/c1-18(7-4-16(20)19-8-5-17-6-9-19)11-13-2-3-14-15(10-13)22-12-21-14/h2-3,10,17H,4-9,11-12H2,1H3. The van der Waals surface area contributed by atoms with E-state index in [0.29, 0.717) is 13.2 Å². The molecule has 6 heteroatoms. The van der Waals surface area contributed by atoms with Gasteiger partial charge in [-0.25, -0.2) is 0 Å². The first-order valence-electron chi connectivity index (χ1n) is 7.78. The third-order valence-corrected chi connectivity index (χ3v) is 4.07. The molecule has 1 fully saturated rings. The molecule has 0 unspecified atom stereocenters. The largest absolute Gasteiger partial charge is 0.454 e. The summed E-state index contributed by atoms with van der Waals surface area (Å²) in [5.41, 5.74) is 1.17. The quantitative estimate of drug-likeness (QED) is 0.866. The zero-order chi connectivity index (χ0) is 15.4. The maximum Gasteiger partial charge on any atom is 0.231 e. The predicted molar refractivity (Wildman–Crippen MR) is 83.0 cm³/mol. The maximum atomic E-state index is 12.1. The molecule has 0 saturated carbocycles. The summed E-state index contributed by atoms with van der Waals surface area (Å²) in [5, 5.41) is 3.26. The molecule has 0 radical (unpaired) electrons. The molecule has 0 aliphatic carbocycles. The van der Waals surface area contributed by atoms with Gasteiger partial charge in [0.05, 0.1) is 0 Å². The number of nitrogens with zero attached hydrogens (tertiary/aromatic N) is 2. The summed E-state index contributed by atoms with van der Waals surface area (Å²) < 4.78 is 10.7. The number of fused-ring (bicyclic) bond motifs is 1. The van der Waals surface area contributed by atoms with Crippen molar-refractivity contribution >= 4 is 5.91 Å². The minimum absolute atomic E-state index is 0.249. The van der Waals surface area contributed by atoms with Crippen molar-refractivity contribution in [1.82, 2.24) is 15.1 Å². The van der Waals surface area contributed by atoms with E-state index in [0.717, 1.165) is 50.8 Å². The highest BCUT2D eigenvalue weighted by molar-refractivity contribution is 5.76. The van der Waals surface area contributed by atoms with E-state index in [2.05, 4.69) is 10.2 Å². The second kappa shape index (κ2) is 6.98. The molecule has 0 atom stereocenters. The van der Waals surface area contributed by atoms with Crippen LogP contribution in [0.5, 0.6) is 11.5 Å². The van der Waals surface area contributed by atoms with Gasteiger partial charge < -0.3 is 24.6 Å². The van der Waals surface area contributed by atoms with Crippen LogP contribution in [0.2, 0.25) is 0 Å². The number of hydrogen-bond acceptors (Lipinski definition) is 5. The van der Waals surface area contributed by atoms with Crippen LogP contribution in [-0.4, -0.2) is 62.3 Å². The van der Waals surface area contributed by atoms with Gasteiger partial charge in [-0.15, -0.1) is 0 Å². The molecule has 1 N–H and O–H groups in total. The number of ether oxygens (including phenoxy) is 2. The molecule has 1 aromatic rings. The van der Waals surface area contributed by atoms with Crippen molar-refractivity contribution in [3.05, 3.63) is 23.8 Å². The SMILES string of the molecule is CN(CCC(=O)N1CCNCC1)Cc1ccc2c(c1)OCO2. The van der Waals surface area contributed by atoms with Crippen LogP contribution in [0.1, 0.15) is 12.0 Å². The van der Waals surface area contributed by atoms with Crippen molar-refractivity contribution in [3.63, 3.8) is 0 Å². The van der Waals surface area contributed by atoms with Crippen LogP contribution in [0.25, 0.3) is 0 Å². The van der Waals surface area contributed by atoms with Crippen molar-refractivity contribution in [2.24, 2.45) is 0 Å². The highest BCUT2D eigenvalue weighted by Gasteiger charge is 2.17. The van der Waals surface area contributed by atoms with Gasteiger partial charge in [0, 0.05) is 45.7 Å². The summed E-state index contributed by atoms with van der Waals surface area (Å²) in [4.78, 5) is 16.3. The Bertz CT molecular complexity index is 529. The van der Waals surface area contributed by atoms with Crippen molar-refractivity contribution < 1.29 is 14.3 Å². The number of amides is 1. The smallest absolute Gasteiger partial charge is 0.231 e. The highest BCUT2D eigenvalue weighted by atomic mass is 16.7. The lowest BCUT2D eigenvalue weighted by Gasteiger charge is -2.28. The van der Waals surface area contributed by atoms with Crippen LogP contribution in [-0.2, 0) is 11.3 Å². The topological polar surface area (TPSA) is 54.0 Å². The van der Waals surface area contributed by atoms with Crippen LogP contribution in [0.3, 0.4) is 0 Å². The van der Waals surface area contributed by atoms with Gasteiger partial charge in [0.1, 0.15) is 0 Å². The first-order chi connectivity index (χ1) is 10.7. The van der Waals surface area contributed by atoms with E-state index in [1.54, 1.807) is 0 Å². The molecule has 2 aliphatic heterocycles. The van der Waals surface area contributed by atoms with Gasteiger partial charge in [-0.3, -0.25) is 4.79 Å². The molecule has 0 bridgehead atoms. The second-order valence-electron chi connectivity index (χ2n) is 5.81. The van der Waals surface area contributed by atoms with E-state index < -0.39 is 0 Å². The molecule has 1 amide bonds. The summed E-state index contributed by atoms with van der Waals surface area (Å²) >= 11 is 0. The van der Waals surface area contributed by atoms with E-state index in [1.165, 1.54) is 5.56 Å². The van der Waals surface area contributed by atoms with Gasteiger partial charge >= 0.3 is 0 Å². The molecule has 0 aromatic heterocycles. The number of carbonyl (C=O) groups is 1. The monoisotopic (exact) mass is 305 g/mol. The van der Waals surface area contributed by atoms with Crippen LogP contribution >= 0.6 is 0 Å². The van der Waals surface area contributed by atoms with E-state index in [9.17, 15) is 4.79 Å². The van der Waals surface area contributed by atoms with Gasteiger partial charge in [-0.1, -0.05) is 6.07 Å². The van der Waals surface area contributed by atoms with E-state index in [-0.39, 0.29) is 5.91 Å². The molecule has 6 nitrogen and oxygen atoms in total. The summed E-state index contributed by atoms with van der Waals surface area (Å²) in [7, 11) is 2.04. The normalized spacial score (nSPS) is 17.1. The first kappa shape index (κ1) is 15.1. The van der Waals surface area contributed by atoms with Gasteiger partial charge in [0.2, 0.25) is 12.7 Å². The van der Waals surface area contributed by atoms with Crippen molar-refractivity contribution in [2.75, 3.05) is 46.6 Å². The van der Waals surface area contributed by atoms with E-state index in [4.69, 9.17) is 9.47 Å². The Morgan fingerprint density at radius 3 is 2.86 bits per heavy atom. The molecule has 1 saturated heterocycles. The second-order valence-corrected chi connectivity index (χ2v) is 5.81. The van der Waals surface area contributed by atoms with Gasteiger partial charge in [0.25, 0.3) is 0 Å². The van der Waals surface area contributed by atoms with Crippen LogP contribution in [0.4, 0.5) is 0 Å². The fourth-order valence-corrected chi connectivity index (χ4v) is 2.79. The minimum atomic E-state index is 0.249. The Morgan fingerprint density at radius 2 is 2.05 bits per heavy atom. The van der Waals surface area contributed by atoms with Crippen molar-refractivity contribution in [1.29, 1.82) is 0 Å². The summed E-state index contributed by atoms with van der Waals surface area (Å²) in [6, 6.07) is 6.00. The minimum Gasteiger partial charge on any atom is -0.454 e. The van der Waals surface area contributed by atoms with Gasteiger partial charge in [0.15, 0.2) is 11.5 Å². The molecular weight excluding hydrogens is 282 g/mol. The molecule has 2 heterocycles. The lowest BCUT2D eigenvalue weighted by atomic mass is 10.2. The zero-order valence-electron chi connectivity index (χ0n) is 13.0. The summed E-state index contributed by atoms with van der Waals surface area (Å²) in [6.45, 7) is 5.31. The number of benzene rings is 1. The third kappa shape index (κ3) is 3.69. The van der Waals surface area contributed by atoms with Crippen LogP contribution < -0.4 is 14.8 Å². The number of rotatable bonds is 5. The highest BCUT2D eigenvalue weighted by Crippen LogP contribution is 2.32. The number of piperazine rings is 1. The Morgan fingerprint density at radius 1 is 1.27 bits per heavy atom. The Balaban J connectivity index is 1.46. The maximum absolute atomic E-state index is 12.1. The average Bonchev–Trinajstić information content (AvgIpc) is 3.01. The fourth-order valence-electron chi connectivity index (χ4n) is 2.79. The average molecular weight is 305 g/mol. The Labute approximate surface area is 131 Å². The summed E-state index contributed by atoms with van der Waals surface area (Å²) in [5.74, 6) is 1.86. The fraction of sp³-hybridized carbons (Fsp3) is 0.562. The molecule has 120 valence electrons. The zero-order valence-corrected chi connectivity index (χ0v) is 13.0. The van der Waals surface area contributed by atoms with Crippen molar-refractivity contribution in [2.45, 2.75) is 13.0 Å². The van der Waals surface area contributed by atoms with Crippen LogP contribution in [0, 0.1) is 0 Å². The Kier molecular flexibility index (Phi) is 4.80. The third-order valence-electron chi connectivity index (χ3n) is 4.07. The lowest BCUT2D eigenvalue weighted by Crippen LogP contribution is -2.47. The molecule has 1 aromatic carbocycles. The number of nitrogens with one attached hydrogen (secondary N) is 1. The molecule has 22 heavy (non-hydrogen) atoms. The number of carbonyl (C=O) groups excluding carboxylic acids is 1. The number of hydrogen-bond donors (Lipinski definition) is 1. The van der Waals surface area contributed by atoms with Gasteiger partial charge in [-0.05, 0) is 24.7 Å². The first-order valence-corrected chi connectivity index (χ1v) is 7.78. The molecule has 0 spiro atoms. The Hall–Kier alpha value is -1.79.